The Morgan fingerprint density at radius 1 is 1.13 bits per heavy atom. The molecule has 74 valence electrons. The van der Waals surface area contributed by atoms with E-state index >= 15 is 0 Å². The maximum Gasteiger partial charge on any atom is 0.168 e. The van der Waals surface area contributed by atoms with Gasteiger partial charge in [-0.1, -0.05) is 18.2 Å². The first-order valence-corrected chi connectivity index (χ1v) is 4.51. The number of aromatic hydroxyl groups is 1. The molecule has 0 aliphatic rings. The molecule has 1 heterocycles. The summed E-state index contributed by atoms with van der Waals surface area (Å²) in [6.45, 7) is 0. The van der Waals surface area contributed by atoms with Crippen molar-refractivity contribution < 1.29 is 9.90 Å². The molecule has 1 aromatic carbocycles. The van der Waals surface area contributed by atoms with Crippen LogP contribution in [-0.2, 0) is 0 Å². The minimum atomic E-state index is 0.186. The van der Waals surface area contributed by atoms with Gasteiger partial charge in [0.15, 0.2) is 6.29 Å². The summed E-state index contributed by atoms with van der Waals surface area (Å²) >= 11 is 0. The SMILES string of the molecule is O=Cc1cccc(-c2cccc(O)c2)n1. The Hall–Kier alpha value is -2.16. The molecule has 3 heteroatoms. The van der Waals surface area contributed by atoms with Crippen LogP contribution >= 0.6 is 0 Å². The van der Waals surface area contributed by atoms with Gasteiger partial charge in [0.25, 0.3) is 0 Å². The van der Waals surface area contributed by atoms with Crippen LogP contribution in [0, 0.1) is 0 Å². The molecule has 0 saturated heterocycles. The second kappa shape index (κ2) is 3.92. The van der Waals surface area contributed by atoms with E-state index in [2.05, 4.69) is 4.98 Å². The van der Waals surface area contributed by atoms with E-state index in [9.17, 15) is 9.90 Å². The topological polar surface area (TPSA) is 50.2 Å². The first-order chi connectivity index (χ1) is 7.29. The van der Waals surface area contributed by atoms with Crippen molar-refractivity contribution in [3.8, 4) is 17.0 Å². The summed E-state index contributed by atoms with van der Waals surface area (Å²) in [4.78, 5) is 14.7. The lowest BCUT2D eigenvalue weighted by Crippen LogP contribution is -1.89. The average molecular weight is 199 g/mol. The number of phenols is 1. The van der Waals surface area contributed by atoms with Crippen LogP contribution in [0.25, 0.3) is 11.3 Å². The van der Waals surface area contributed by atoms with Crippen molar-refractivity contribution in [3.05, 3.63) is 48.2 Å². The highest BCUT2D eigenvalue weighted by molar-refractivity contribution is 5.73. The predicted molar refractivity (Wildman–Crippen MR) is 56.7 cm³/mol. The molecule has 2 aromatic rings. The third kappa shape index (κ3) is 2.02. The number of benzene rings is 1. The van der Waals surface area contributed by atoms with Gasteiger partial charge in [-0.25, -0.2) is 4.98 Å². The highest BCUT2D eigenvalue weighted by Gasteiger charge is 2.00. The van der Waals surface area contributed by atoms with E-state index < -0.39 is 0 Å². The number of phenolic OH excluding ortho intramolecular Hbond substituents is 1. The van der Waals surface area contributed by atoms with Crippen molar-refractivity contribution in [1.29, 1.82) is 0 Å². The average Bonchev–Trinajstić information content (AvgIpc) is 2.29. The maximum absolute atomic E-state index is 10.5. The lowest BCUT2D eigenvalue weighted by Gasteiger charge is -2.01. The third-order valence-electron chi connectivity index (χ3n) is 2.03. The molecule has 0 aliphatic carbocycles. The Morgan fingerprint density at radius 2 is 1.93 bits per heavy atom. The van der Waals surface area contributed by atoms with E-state index in [0.29, 0.717) is 17.7 Å². The molecular formula is C12H9NO2. The van der Waals surface area contributed by atoms with Crippen molar-refractivity contribution in [2.24, 2.45) is 0 Å². The van der Waals surface area contributed by atoms with Crippen molar-refractivity contribution in [1.82, 2.24) is 4.98 Å². The van der Waals surface area contributed by atoms with Crippen molar-refractivity contribution >= 4 is 6.29 Å². The van der Waals surface area contributed by atoms with Crippen LogP contribution in [0.5, 0.6) is 5.75 Å². The molecule has 15 heavy (non-hydrogen) atoms. The fourth-order valence-electron chi connectivity index (χ4n) is 1.34. The number of rotatable bonds is 2. The molecule has 1 aromatic heterocycles. The van der Waals surface area contributed by atoms with Crippen molar-refractivity contribution in [2.45, 2.75) is 0 Å². The number of carbonyl (C=O) groups excluding carboxylic acids is 1. The normalized spacial score (nSPS) is 9.87. The molecule has 0 unspecified atom stereocenters. The molecule has 0 fully saturated rings. The fourth-order valence-corrected chi connectivity index (χ4v) is 1.34. The predicted octanol–water partition coefficient (Wildman–Crippen LogP) is 2.27. The first kappa shape index (κ1) is 9.40. The quantitative estimate of drug-likeness (QED) is 0.755. The molecule has 0 spiro atoms. The number of aromatic nitrogens is 1. The molecule has 2 rings (SSSR count). The Kier molecular flexibility index (Phi) is 2.46. The lowest BCUT2D eigenvalue weighted by atomic mass is 10.1. The van der Waals surface area contributed by atoms with Crippen molar-refractivity contribution in [3.63, 3.8) is 0 Å². The number of hydrogen-bond acceptors (Lipinski definition) is 3. The van der Waals surface area contributed by atoms with E-state index in [0.717, 1.165) is 5.56 Å². The fraction of sp³-hybridized carbons (Fsp3) is 0. The van der Waals surface area contributed by atoms with Gasteiger partial charge in [-0.05, 0) is 24.3 Å². The molecule has 1 N–H and O–H groups in total. The van der Waals surface area contributed by atoms with Gasteiger partial charge in [-0.3, -0.25) is 4.79 Å². The molecule has 0 amide bonds. The van der Waals surface area contributed by atoms with E-state index in [1.807, 2.05) is 6.07 Å². The Bertz CT molecular complexity index is 494. The number of hydrogen-bond donors (Lipinski definition) is 1. The van der Waals surface area contributed by atoms with E-state index in [1.165, 1.54) is 0 Å². The van der Waals surface area contributed by atoms with Gasteiger partial charge < -0.3 is 5.11 Å². The van der Waals surface area contributed by atoms with Crippen molar-refractivity contribution in [2.75, 3.05) is 0 Å². The largest absolute Gasteiger partial charge is 0.508 e. The molecule has 0 radical (unpaired) electrons. The third-order valence-corrected chi connectivity index (χ3v) is 2.03. The van der Waals surface area contributed by atoms with Gasteiger partial charge in [-0.15, -0.1) is 0 Å². The van der Waals surface area contributed by atoms with Crippen LogP contribution in [-0.4, -0.2) is 16.4 Å². The summed E-state index contributed by atoms with van der Waals surface area (Å²) in [6.07, 6.45) is 0.701. The monoisotopic (exact) mass is 199 g/mol. The van der Waals surface area contributed by atoms with Crippen LogP contribution in [0.4, 0.5) is 0 Å². The van der Waals surface area contributed by atoms with Gasteiger partial charge in [-0.2, -0.15) is 0 Å². The minimum Gasteiger partial charge on any atom is -0.508 e. The lowest BCUT2D eigenvalue weighted by molar-refractivity contribution is 0.111. The second-order valence-electron chi connectivity index (χ2n) is 3.12. The first-order valence-electron chi connectivity index (χ1n) is 4.51. The molecule has 0 atom stereocenters. The Morgan fingerprint density at radius 3 is 2.67 bits per heavy atom. The van der Waals surface area contributed by atoms with E-state index in [-0.39, 0.29) is 5.75 Å². The van der Waals surface area contributed by atoms with Gasteiger partial charge in [0, 0.05) is 5.56 Å². The van der Waals surface area contributed by atoms with Gasteiger partial charge in [0.05, 0.1) is 5.69 Å². The van der Waals surface area contributed by atoms with Crippen LogP contribution in [0.2, 0.25) is 0 Å². The standard InChI is InChI=1S/C12H9NO2/c14-8-10-4-2-6-12(13-10)9-3-1-5-11(15)7-9/h1-8,15H. The summed E-state index contributed by atoms with van der Waals surface area (Å²) in [6, 6.07) is 12.0. The van der Waals surface area contributed by atoms with Crippen LogP contribution in [0.3, 0.4) is 0 Å². The molecule has 0 saturated carbocycles. The number of pyridine rings is 1. The summed E-state index contributed by atoms with van der Waals surface area (Å²) < 4.78 is 0. The van der Waals surface area contributed by atoms with Gasteiger partial charge in [0.2, 0.25) is 0 Å². The molecule has 3 nitrogen and oxygen atoms in total. The Balaban J connectivity index is 2.49. The summed E-state index contributed by atoms with van der Waals surface area (Å²) in [5.74, 6) is 0.186. The van der Waals surface area contributed by atoms with Gasteiger partial charge in [0.1, 0.15) is 11.4 Å². The number of carbonyl (C=O) groups is 1. The molecule has 0 bridgehead atoms. The maximum atomic E-state index is 10.5. The summed E-state index contributed by atoms with van der Waals surface area (Å²) in [5, 5.41) is 9.30. The number of aldehydes is 1. The molecular weight excluding hydrogens is 190 g/mol. The second-order valence-corrected chi connectivity index (χ2v) is 3.12. The van der Waals surface area contributed by atoms with Crippen LogP contribution in [0.15, 0.2) is 42.5 Å². The van der Waals surface area contributed by atoms with Crippen LogP contribution < -0.4 is 0 Å². The summed E-state index contributed by atoms with van der Waals surface area (Å²) in [7, 11) is 0. The highest BCUT2D eigenvalue weighted by Crippen LogP contribution is 2.21. The minimum absolute atomic E-state index is 0.186. The zero-order valence-corrected chi connectivity index (χ0v) is 7.92. The zero-order chi connectivity index (χ0) is 10.7. The smallest absolute Gasteiger partial charge is 0.168 e. The zero-order valence-electron chi connectivity index (χ0n) is 7.92. The van der Waals surface area contributed by atoms with Gasteiger partial charge >= 0.3 is 0 Å². The van der Waals surface area contributed by atoms with Crippen LogP contribution in [0.1, 0.15) is 10.5 Å². The van der Waals surface area contributed by atoms with E-state index in [4.69, 9.17) is 0 Å². The molecule has 0 aliphatic heterocycles. The highest BCUT2D eigenvalue weighted by atomic mass is 16.3. The Labute approximate surface area is 87.0 Å². The number of nitrogens with zero attached hydrogens (tertiary/aromatic N) is 1. The summed E-state index contributed by atoms with van der Waals surface area (Å²) in [5.41, 5.74) is 1.85. The van der Waals surface area contributed by atoms with E-state index in [1.54, 1.807) is 36.4 Å².